The van der Waals surface area contributed by atoms with Crippen LogP contribution in [0.3, 0.4) is 0 Å². The van der Waals surface area contributed by atoms with E-state index in [1.54, 1.807) is 12.4 Å². The van der Waals surface area contributed by atoms with Crippen LogP contribution >= 0.6 is 0 Å². The van der Waals surface area contributed by atoms with Gasteiger partial charge in [0.25, 0.3) is 0 Å². The van der Waals surface area contributed by atoms with Crippen LogP contribution in [0.15, 0.2) is 73.5 Å². The Hall–Kier alpha value is -3.27. The molecule has 26 heavy (non-hydrogen) atoms. The maximum atomic E-state index is 13.1. The van der Waals surface area contributed by atoms with Crippen molar-refractivity contribution in [3.63, 3.8) is 0 Å². The van der Waals surface area contributed by atoms with E-state index in [9.17, 15) is 4.79 Å². The molecule has 1 aliphatic rings. The number of hydrogen-bond donors (Lipinski definition) is 0. The summed E-state index contributed by atoms with van der Waals surface area (Å²) in [6, 6.07) is 16.2. The Kier molecular flexibility index (Phi) is 4.32. The highest BCUT2D eigenvalue weighted by atomic mass is 16.1. The lowest BCUT2D eigenvalue weighted by Crippen LogP contribution is -2.15. The van der Waals surface area contributed by atoms with Crippen molar-refractivity contribution in [3.05, 3.63) is 95.7 Å². The van der Waals surface area contributed by atoms with Crippen LogP contribution in [-0.2, 0) is 6.42 Å². The van der Waals surface area contributed by atoms with E-state index in [1.807, 2.05) is 36.5 Å². The lowest BCUT2D eigenvalue weighted by atomic mass is 9.99. The molecule has 1 aromatic heterocycles. The molecule has 0 unspecified atom stereocenters. The number of carbonyl (C=O) groups is 1. The van der Waals surface area contributed by atoms with Crippen molar-refractivity contribution in [2.45, 2.75) is 13.3 Å². The molecule has 1 aliphatic heterocycles. The summed E-state index contributed by atoms with van der Waals surface area (Å²) in [5.41, 5.74) is 5.78. The topological polar surface area (TPSA) is 46.1 Å². The average Bonchev–Trinajstić information content (AvgIpc) is 3.08. The molecule has 0 atom stereocenters. The normalized spacial score (nSPS) is 13.6. The molecular formula is C22H19N3O. The lowest BCUT2D eigenvalue weighted by molar-refractivity contribution is 0.105. The van der Waals surface area contributed by atoms with Gasteiger partial charge in [0.2, 0.25) is 0 Å². The van der Waals surface area contributed by atoms with Crippen LogP contribution in [-0.4, -0.2) is 22.3 Å². The minimum absolute atomic E-state index is 0.0719. The second-order valence-electron chi connectivity index (χ2n) is 6.44. The van der Waals surface area contributed by atoms with Crippen LogP contribution in [0, 0.1) is 6.92 Å². The molecule has 0 bridgehead atoms. The molecular weight excluding hydrogens is 322 g/mol. The van der Waals surface area contributed by atoms with Gasteiger partial charge in [0.15, 0.2) is 5.78 Å². The van der Waals surface area contributed by atoms with E-state index in [0.717, 1.165) is 18.5 Å². The van der Waals surface area contributed by atoms with Gasteiger partial charge < -0.3 is 4.90 Å². The van der Waals surface area contributed by atoms with Gasteiger partial charge in [-0.15, -0.1) is 0 Å². The molecule has 0 N–H and O–H groups in total. The first kappa shape index (κ1) is 16.2. The van der Waals surface area contributed by atoms with Gasteiger partial charge in [0.1, 0.15) is 6.33 Å². The summed E-state index contributed by atoms with van der Waals surface area (Å²) in [6.45, 7) is 2.97. The van der Waals surface area contributed by atoms with Gasteiger partial charge in [0, 0.05) is 36.4 Å². The van der Waals surface area contributed by atoms with Gasteiger partial charge in [-0.3, -0.25) is 4.79 Å². The van der Waals surface area contributed by atoms with Crippen LogP contribution < -0.4 is 4.90 Å². The Labute approximate surface area is 152 Å². The number of Topliss-reactive ketones (excluding diaryl/α,β-unsaturated/α-hetero) is 1. The first-order valence-corrected chi connectivity index (χ1v) is 8.65. The maximum absolute atomic E-state index is 13.1. The van der Waals surface area contributed by atoms with Gasteiger partial charge in [-0.1, -0.05) is 48.0 Å². The van der Waals surface area contributed by atoms with E-state index in [4.69, 9.17) is 0 Å². The zero-order valence-electron chi connectivity index (χ0n) is 14.6. The van der Waals surface area contributed by atoms with Crippen molar-refractivity contribution in [2.24, 2.45) is 0 Å². The molecule has 128 valence electrons. The van der Waals surface area contributed by atoms with Crippen molar-refractivity contribution in [1.82, 2.24) is 9.97 Å². The average molecular weight is 341 g/mol. The number of aryl methyl sites for hydroxylation is 1. The number of rotatable bonds is 4. The number of carbonyl (C=O) groups excluding carboxylic acids is 1. The molecule has 2 aromatic carbocycles. The summed E-state index contributed by atoms with van der Waals surface area (Å²) in [6.07, 6.45) is 7.51. The van der Waals surface area contributed by atoms with Crippen LogP contribution in [0.2, 0.25) is 0 Å². The number of allylic oxidation sites excluding steroid dienone is 1. The number of aromatic nitrogens is 2. The molecule has 0 radical (unpaired) electrons. The molecule has 0 saturated carbocycles. The Morgan fingerprint density at radius 2 is 1.81 bits per heavy atom. The van der Waals surface area contributed by atoms with Gasteiger partial charge in [0.05, 0.1) is 5.56 Å². The predicted octanol–water partition coefficient (Wildman–Crippen LogP) is 4.07. The number of hydrogen-bond acceptors (Lipinski definition) is 4. The molecule has 0 saturated heterocycles. The number of nitrogens with zero attached hydrogens (tertiary/aromatic N) is 3. The molecule has 4 rings (SSSR count). The highest BCUT2D eigenvalue weighted by Crippen LogP contribution is 2.31. The fourth-order valence-corrected chi connectivity index (χ4v) is 3.30. The second kappa shape index (κ2) is 6.92. The molecule has 2 heterocycles. The summed E-state index contributed by atoms with van der Waals surface area (Å²) in [4.78, 5) is 23.3. The molecule has 0 aliphatic carbocycles. The minimum Gasteiger partial charge on any atom is -0.347 e. The van der Waals surface area contributed by atoms with E-state index in [-0.39, 0.29) is 5.78 Å². The highest BCUT2D eigenvalue weighted by Gasteiger charge is 2.21. The van der Waals surface area contributed by atoms with Crippen LogP contribution in [0.4, 0.5) is 5.69 Å². The second-order valence-corrected chi connectivity index (χ2v) is 6.44. The van der Waals surface area contributed by atoms with Gasteiger partial charge in [-0.2, -0.15) is 0 Å². The molecule has 4 heteroatoms. The SMILES string of the molecule is Cc1ccc2c(c1)CCN2/C=C(/C(=O)c1cncnc1)c1ccccc1. The largest absolute Gasteiger partial charge is 0.347 e. The van der Waals surface area contributed by atoms with E-state index < -0.39 is 0 Å². The van der Waals surface area contributed by atoms with Gasteiger partial charge >= 0.3 is 0 Å². The summed E-state index contributed by atoms with van der Waals surface area (Å²) >= 11 is 0. The molecule has 4 nitrogen and oxygen atoms in total. The van der Waals surface area contributed by atoms with E-state index in [1.165, 1.54) is 23.1 Å². The minimum atomic E-state index is -0.0719. The predicted molar refractivity (Wildman–Crippen MR) is 103 cm³/mol. The summed E-state index contributed by atoms with van der Waals surface area (Å²) in [7, 11) is 0. The summed E-state index contributed by atoms with van der Waals surface area (Å²) in [5.74, 6) is -0.0719. The Bertz CT molecular complexity index is 965. The third-order valence-corrected chi connectivity index (χ3v) is 4.60. The first-order valence-electron chi connectivity index (χ1n) is 8.65. The molecule has 0 spiro atoms. The quantitative estimate of drug-likeness (QED) is 0.530. The van der Waals surface area contributed by atoms with E-state index in [0.29, 0.717) is 11.1 Å². The Morgan fingerprint density at radius 3 is 2.58 bits per heavy atom. The fraction of sp³-hybridized carbons (Fsp3) is 0.136. The fourth-order valence-electron chi connectivity index (χ4n) is 3.30. The monoisotopic (exact) mass is 341 g/mol. The van der Waals surface area contributed by atoms with Crippen LogP contribution in [0.5, 0.6) is 0 Å². The number of benzene rings is 2. The summed E-state index contributed by atoms with van der Waals surface area (Å²) < 4.78 is 0. The van der Waals surface area contributed by atoms with E-state index in [2.05, 4.69) is 40.0 Å². The Morgan fingerprint density at radius 1 is 1.04 bits per heavy atom. The summed E-state index contributed by atoms with van der Waals surface area (Å²) in [5, 5.41) is 0. The first-order chi connectivity index (χ1) is 12.7. The number of fused-ring (bicyclic) bond motifs is 1. The molecule has 0 amide bonds. The van der Waals surface area contributed by atoms with Crippen LogP contribution in [0.1, 0.15) is 27.0 Å². The molecule has 3 aromatic rings. The zero-order valence-corrected chi connectivity index (χ0v) is 14.6. The maximum Gasteiger partial charge on any atom is 0.198 e. The van der Waals surface area contributed by atoms with E-state index >= 15 is 0 Å². The smallest absolute Gasteiger partial charge is 0.198 e. The van der Waals surface area contributed by atoms with Crippen molar-refractivity contribution >= 4 is 17.0 Å². The van der Waals surface area contributed by atoms with Gasteiger partial charge in [-0.25, -0.2) is 9.97 Å². The standard InChI is InChI=1S/C22H19N3O/c1-16-7-8-21-18(11-16)9-10-25(21)14-20(17-5-3-2-4-6-17)22(26)19-12-23-15-24-13-19/h2-8,11-15H,9-10H2,1H3/b20-14+. The van der Waals surface area contributed by atoms with Crippen molar-refractivity contribution in [2.75, 3.05) is 11.4 Å². The van der Waals surface area contributed by atoms with Crippen molar-refractivity contribution in [3.8, 4) is 0 Å². The zero-order chi connectivity index (χ0) is 17.9. The van der Waals surface area contributed by atoms with Crippen molar-refractivity contribution < 1.29 is 4.79 Å². The van der Waals surface area contributed by atoms with Crippen LogP contribution in [0.25, 0.3) is 5.57 Å². The Balaban J connectivity index is 1.77. The third-order valence-electron chi connectivity index (χ3n) is 4.60. The third kappa shape index (κ3) is 3.14. The lowest BCUT2D eigenvalue weighted by Gasteiger charge is -2.17. The number of anilines is 1. The highest BCUT2D eigenvalue weighted by molar-refractivity contribution is 6.29. The van der Waals surface area contributed by atoms with Gasteiger partial charge in [-0.05, 0) is 30.5 Å². The van der Waals surface area contributed by atoms with Crippen molar-refractivity contribution in [1.29, 1.82) is 0 Å². The molecule has 0 fully saturated rings. The number of ketones is 1.